The van der Waals surface area contributed by atoms with Crippen molar-refractivity contribution < 1.29 is 0 Å². The van der Waals surface area contributed by atoms with E-state index in [0.717, 1.165) is 133 Å². The maximum atomic E-state index is 5.20. The molecule has 0 fully saturated rings. The number of nitrogens with zero attached hydrogens (tertiary/aromatic N) is 10. The minimum atomic E-state index is 0.628. The van der Waals surface area contributed by atoms with Crippen LogP contribution in [-0.4, -0.2) is 49.8 Å². The van der Waals surface area contributed by atoms with Crippen LogP contribution in [-0.2, 0) is 0 Å². The summed E-state index contributed by atoms with van der Waals surface area (Å²) in [6.45, 7) is 0. The Balaban J connectivity index is 0.000000147. The van der Waals surface area contributed by atoms with Crippen LogP contribution in [0.4, 0.5) is 0 Å². The fourth-order valence-electron chi connectivity index (χ4n) is 15.7. The van der Waals surface area contributed by atoms with Crippen molar-refractivity contribution in [2.24, 2.45) is 0 Å². The Labute approximate surface area is 688 Å². The van der Waals surface area contributed by atoms with E-state index in [4.69, 9.17) is 39.9 Å². The number of thiophene rings is 2. The number of fused-ring (bicyclic) bond motifs is 10. The zero-order chi connectivity index (χ0) is 78.2. The van der Waals surface area contributed by atoms with Crippen molar-refractivity contribution in [3.05, 3.63) is 401 Å². The molecule has 8 aromatic heterocycles. The summed E-state index contributed by atoms with van der Waals surface area (Å²) in [4.78, 5) is 49.3. The van der Waals surface area contributed by atoms with Crippen LogP contribution in [0.15, 0.2) is 401 Å². The fourth-order valence-corrected chi connectivity index (χ4v) is 18.2. The molecular formula is C106H66N10S2. The fraction of sp³-hybridized carbons (Fsp3) is 0. The summed E-state index contributed by atoms with van der Waals surface area (Å²) < 4.78 is 4.88. The minimum Gasteiger partial charge on any atom is -0.262 e. The molecule has 8 heterocycles. The Morgan fingerprint density at radius 2 is 0.466 bits per heavy atom. The SMILES string of the molecule is c1ccc(-c2ccc(-c3nc(-c4ccccc4)nc(-c4ccc(-c5cccc(-c6cccc(-c7nc8cnccc8c8c7sc7ccccc78)c6)c5)cc4)n3)cc2)cc1.c1ccc(-c2ccc(-c3nc(-c4ccccc4)nc(-c4ccc(-c5cccc(-c6cccc(-c7nc8ncccc8c8c7sc7ccccc78)c6)c5)cc4)n3)cc2)cc1. The van der Waals surface area contributed by atoms with Gasteiger partial charge in [0, 0.05) is 98.6 Å². The van der Waals surface area contributed by atoms with E-state index in [1.807, 2.05) is 97.5 Å². The van der Waals surface area contributed by atoms with Crippen LogP contribution in [0.25, 0.3) is 220 Å². The van der Waals surface area contributed by atoms with E-state index >= 15 is 0 Å². The van der Waals surface area contributed by atoms with Gasteiger partial charge in [0.05, 0.1) is 32.5 Å². The largest absolute Gasteiger partial charge is 0.262 e. The second-order valence-corrected chi connectivity index (χ2v) is 31.1. The van der Waals surface area contributed by atoms with Crippen molar-refractivity contribution >= 4 is 85.0 Å². The van der Waals surface area contributed by atoms with Crippen molar-refractivity contribution in [1.82, 2.24) is 49.8 Å². The molecule has 14 aromatic carbocycles. The first-order valence-corrected chi connectivity index (χ1v) is 40.8. The number of rotatable bonds is 14. The average Bonchev–Trinajstić information content (AvgIpc) is 1.56. The normalized spacial score (nSPS) is 11.4. The van der Waals surface area contributed by atoms with Crippen molar-refractivity contribution in [3.63, 3.8) is 0 Å². The van der Waals surface area contributed by atoms with Crippen LogP contribution >= 0.6 is 22.7 Å². The van der Waals surface area contributed by atoms with Crippen molar-refractivity contribution in [2.45, 2.75) is 0 Å². The molecule has 0 aliphatic rings. The molecule has 552 valence electrons. The number of hydrogen-bond donors (Lipinski definition) is 0. The van der Waals surface area contributed by atoms with Crippen LogP contribution in [0.2, 0.25) is 0 Å². The molecule has 22 aromatic rings. The maximum Gasteiger partial charge on any atom is 0.164 e. The first kappa shape index (κ1) is 70.5. The van der Waals surface area contributed by atoms with Gasteiger partial charge < -0.3 is 0 Å². The number of aromatic nitrogens is 10. The van der Waals surface area contributed by atoms with E-state index in [-0.39, 0.29) is 0 Å². The molecule has 0 amide bonds. The van der Waals surface area contributed by atoms with Gasteiger partial charge in [0.1, 0.15) is 0 Å². The molecule has 0 unspecified atom stereocenters. The number of pyridine rings is 4. The summed E-state index contributed by atoms with van der Waals surface area (Å²) in [5.74, 6) is 3.81. The zero-order valence-corrected chi connectivity index (χ0v) is 65.0. The average molecular weight is 1540 g/mol. The zero-order valence-electron chi connectivity index (χ0n) is 63.4. The van der Waals surface area contributed by atoms with E-state index in [0.29, 0.717) is 34.9 Å². The molecule has 0 saturated heterocycles. The Bertz CT molecular complexity index is 7060. The molecule has 0 aliphatic carbocycles. The predicted octanol–water partition coefficient (Wildman–Crippen LogP) is 27.7. The van der Waals surface area contributed by atoms with Gasteiger partial charge in [0.15, 0.2) is 40.6 Å². The van der Waals surface area contributed by atoms with Crippen LogP contribution in [0, 0.1) is 0 Å². The van der Waals surface area contributed by atoms with Crippen molar-refractivity contribution in [1.29, 1.82) is 0 Å². The van der Waals surface area contributed by atoms with Crippen molar-refractivity contribution in [2.75, 3.05) is 0 Å². The summed E-state index contributed by atoms with van der Waals surface area (Å²) in [6, 6.07) is 133. The molecule has 118 heavy (non-hydrogen) atoms. The van der Waals surface area contributed by atoms with E-state index in [1.54, 1.807) is 22.7 Å². The number of hydrogen-bond acceptors (Lipinski definition) is 12. The summed E-state index contributed by atoms with van der Waals surface area (Å²) in [7, 11) is 0. The van der Waals surface area contributed by atoms with Gasteiger partial charge in [0.25, 0.3) is 0 Å². The third kappa shape index (κ3) is 13.9. The van der Waals surface area contributed by atoms with Crippen LogP contribution in [0.3, 0.4) is 0 Å². The van der Waals surface area contributed by atoms with Gasteiger partial charge >= 0.3 is 0 Å². The van der Waals surface area contributed by atoms with Gasteiger partial charge in [-0.15, -0.1) is 22.7 Å². The molecule has 10 nitrogen and oxygen atoms in total. The lowest BCUT2D eigenvalue weighted by atomic mass is 9.96. The number of benzene rings is 14. The van der Waals surface area contributed by atoms with Gasteiger partial charge in [-0.25, -0.2) is 44.9 Å². The van der Waals surface area contributed by atoms with Crippen molar-refractivity contribution in [3.8, 4) is 158 Å². The summed E-state index contributed by atoms with van der Waals surface area (Å²) in [6.07, 6.45) is 5.55. The third-order valence-electron chi connectivity index (χ3n) is 21.6. The van der Waals surface area contributed by atoms with Gasteiger partial charge in [-0.3, -0.25) is 4.98 Å². The van der Waals surface area contributed by atoms with E-state index in [1.165, 1.54) is 51.5 Å². The minimum absolute atomic E-state index is 0.628. The highest BCUT2D eigenvalue weighted by Crippen LogP contribution is 2.46. The Morgan fingerprint density at radius 1 is 0.186 bits per heavy atom. The standard InChI is InChI=1S/2C53H33N5S/c1-3-12-34(13-4-1)35-23-27-38(28-24-35)51-56-50(37-14-5-2-6-15-37)57-52(58-51)39-29-25-36(26-30-39)40-16-9-17-41(32-40)42-18-10-19-43(33-42)48-49-47(44-20-7-8-22-46(44)59-49)45-21-11-31-54-53(45)55-48;1-3-11-34(12-4-1)35-21-25-38(26-22-35)52-56-51(37-13-5-2-6-14-37)57-53(58-52)39-27-23-36(24-28-39)40-15-9-16-41(31-40)42-17-10-18-43(32-42)49-50-48(44-29-30-54-33-46(44)55-49)45-19-7-8-20-47(45)59-50/h2*1-33H. The highest BCUT2D eigenvalue weighted by molar-refractivity contribution is 7.27. The van der Waals surface area contributed by atoms with Crippen LogP contribution < -0.4 is 0 Å². The Kier molecular flexibility index (Phi) is 18.4. The first-order chi connectivity index (χ1) is 58.4. The highest BCUT2D eigenvalue weighted by atomic mass is 32.1. The molecule has 0 radical (unpaired) electrons. The third-order valence-corrected chi connectivity index (χ3v) is 24.0. The molecule has 0 saturated carbocycles. The summed E-state index contributed by atoms with van der Waals surface area (Å²) >= 11 is 3.60. The molecule has 22 rings (SSSR count). The molecule has 0 atom stereocenters. The lowest BCUT2D eigenvalue weighted by molar-refractivity contribution is 1.07. The molecule has 0 aliphatic heterocycles. The molecule has 0 bridgehead atoms. The topological polar surface area (TPSA) is 129 Å². The summed E-state index contributed by atoms with van der Waals surface area (Å²) in [5, 5.41) is 7.17. The smallest absolute Gasteiger partial charge is 0.164 e. The second-order valence-electron chi connectivity index (χ2n) is 29.0. The maximum absolute atomic E-state index is 5.20. The van der Waals surface area contributed by atoms with Gasteiger partial charge in [-0.05, 0) is 121 Å². The molecular weight excluding hydrogens is 1480 g/mol. The lowest BCUT2D eigenvalue weighted by Crippen LogP contribution is -2.00. The first-order valence-electron chi connectivity index (χ1n) is 39.1. The van der Waals surface area contributed by atoms with E-state index in [2.05, 4.69) is 313 Å². The quantitative estimate of drug-likeness (QED) is 0.104. The summed E-state index contributed by atoms with van der Waals surface area (Å²) in [5.41, 5.74) is 25.0. The molecule has 0 N–H and O–H groups in total. The van der Waals surface area contributed by atoms with Crippen LogP contribution in [0.5, 0.6) is 0 Å². The van der Waals surface area contributed by atoms with Crippen LogP contribution in [0.1, 0.15) is 0 Å². The van der Waals surface area contributed by atoms with Gasteiger partial charge in [-0.1, -0.05) is 328 Å². The Hall–Kier alpha value is -15.3. The van der Waals surface area contributed by atoms with Gasteiger partial charge in [0.2, 0.25) is 0 Å². The van der Waals surface area contributed by atoms with E-state index < -0.39 is 0 Å². The Morgan fingerprint density at radius 3 is 0.864 bits per heavy atom. The van der Waals surface area contributed by atoms with Gasteiger partial charge in [-0.2, -0.15) is 0 Å². The van der Waals surface area contributed by atoms with E-state index in [9.17, 15) is 0 Å². The highest BCUT2D eigenvalue weighted by Gasteiger charge is 2.22. The second kappa shape index (κ2) is 30.9. The molecule has 12 heteroatoms. The lowest BCUT2D eigenvalue weighted by Gasteiger charge is -2.11. The predicted molar refractivity (Wildman–Crippen MR) is 488 cm³/mol. The molecule has 0 spiro atoms. The monoisotopic (exact) mass is 1540 g/mol.